The summed E-state index contributed by atoms with van der Waals surface area (Å²) in [6.07, 6.45) is -1.16. The van der Waals surface area contributed by atoms with Crippen LogP contribution in [0.15, 0.2) is 91.0 Å². The third-order valence-electron chi connectivity index (χ3n) is 3.90. The van der Waals surface area contributed by atoms with Gasteiger partial charge in [-0.15, -0.1) is 0 Å². The second-order valence-corrected chi connectivity index (χ2v) is 5.56. The number of benzene rings is 3. The minimum Gasteiger partial charge on any atom is -0.384 e. The smallest absolute Gasteiger partial charge is 0.181 e. The Kier molecular flexibility index (Phi) is 4.77. The number of hydrogen-bond donors (Lipinski definition) is 2. The first-order valence-electron chi connectivity index (χ1n) is 7.79. The van der Waals surface area contributed by atoms with Gasteiger partial charge in [-0.3, -0.25) is 0 Å². The largest absolute Gasteiger partial charge is 0.384 e. The minimum absolute atomic E-state index is 0.560. The van der Waals surface area contributed by atoms with E-state index in [2.05, 4.69) is 11.8 Å². The molecule has 0 radical (unpaired) electrons. The Bertz CT molecular complexity index is 833. The van der Waals surface area contributed by atoms with Crippen molar-refractivity contribution in [2.24, 2.45) is 0 Å². The molecule has 0 saturated carbocycles. The van der Waals surface area contributed by atoms with E-state index in [-0.39, 0.29) is 0 Å². The van der Waals surface area contributed by atoms with Crippen LogP contribution in [0.5, 0.6) is 0 Å². The Balaban J connectivity index is 2.07. The fourth-order valence-electron chi connectivity index (χ4n) is 2.56. The van der Waals surface area contributed by atoms with E-state index in [9.17, 15) is 10.2 Å². The normalized spacial score (nSPS) is 14.1. The maximum Gasteiger partial charge on any atom is 0.181 e. The molecule has 2 atom stereocenters. The lowest BCUT2D eigenvalue weighted by molar-refractivity contribution is -0.0383. The molecule has 3 aromatic rings. The van der Waals surface area contributed by atoms with E-state index < -0.39 is 11.7 Å². The molecule has 2 N–H and O–H groups in total. The maximum atomic E-state index is 11.2. The summed E-state index contributed by atoms with van der Waals surface area (Å²) >= 11 is 0. The van der Waals surface area contributed by atoms with Crippen molar-refractivity contribution in [1.29, 1.82) is 0 Å². The van der Waals surface area contributed by atoms with Crippen LogP contribution in [0.25, 0.3) is 0 Å². The number of aliphatic hydroxyl groups excluding tert-OH is 1. The zero-order valence-corrected chi connectivity index (χ0v) is 13.1. The van der Waals surface area contributed by atoms with Crippen LogP contribution in [-0.4, -0.2) is 10.2 Å². The molecule has 2 unspecified atom stereocenters. The van der Waals surface area contributed by atoms with Crippen molar-refractivity contribution in [3.8, 4) is 11.8 Å². The molecular weight excluding hydrogens is 296 g/mol. The van der Waals surface area contributed by atoms with Crippen molar-refractivity contribution >= 4 is 0 Å². The van der Waals surface area contributed by atoms with Crippen LogP contribution < -0.4 is 0 Å². The van der Waals surface area contributed by atoms with E-state index in [0.717, 1.165) is 5.56 Å². The van der Waals surface area contributed by atoms with Crippen molar-refractivity contribution in [1.82, 2.24) is 0 Å². The Labute approximate surface area is 142 Å². The number of rotatable bonds is 3. The van der Waals surface area contributed by atoms with E-state index >= 15 is 0 Å². The summed E-state index contributed by atoms with van der Waals surface area (Å²) < 4.78 is 0. The molecule has 2 nitrogen and oxygen atoms in total. The molecule has 2 heteroatoms. The van der Waals surface area contributed by atoms with Gasteiger partial charge in [-0.05, 0) is 23.3 Å². The number of hydrogen-bond acceptors (Lipinski definition) is 2. The van der Waals surface area contributed by atoms with Crippen LogP contribution in [0.2, 0.25) is 0 Å². The average Bonchev–Trinajstić information content (AvgIpc) is 2.68. The lowest BCUT2D eigenvalue weighted by atomic mass is 9.84. The molecule has 0 amide bonds. The maximum absolute atomic E-state index is 11.2. The van der Waals surface area contributed by atoms with Gasteiger partial charge in [0.25, 0.3) is 0 Å². The van der Waals surface area contributed by atoms with Crippen molar-refractivity contribution in [2.45, 2.75) is 11.7 Å². The van der Waals surface area contributed by atoms with E-state index in [1.807, 2.05) is 66.7 Å². The third-order valence-corrected chi connectivity index (χ3v) is 3.90. The van der Waals surface area contributed by atoms with E-state index in [1.165, 1.54) is 0 Å². The van der Waals surface area contributed by atoms with Gasteiger partial charge in [0.1, 0.15) is 6.10 Å². The second-order valence-electron chi connectivity index (χ2n) is 5.56. The second kappa shape index (κ2) is 7.14. The monoisotopic (exact) mass is 314 g/mol. The molecule has 3 rings (SSSR count). The van der Waals surface area contributed by atoms with E-state index in [4.69, 9.17) is 0 Å². The van der Waals surface area contributed by atoms with Crippen molar-refractivity contribution < 1.29 is 10.2 Å². The van der Waals surface area contributed by atoms with E-state index in [0.29, 0.717) is 11.1 Å². The Morgan fingerprint density at radius 1 is 0.708 bits per heavy atom. The summed E-state index contributed by atoms with van der Waals surface area (Å²) in [4.78, 5) is 0. The molecule has 0 aromatic heterocycles. The van der Waals surface area contributed by atoms with Gasteiger partial charge in [-0.2, -0.15) is 0 Å². The first-order valence-corrected chi connectivity index (χ1v) is 7.79. The van der Waals surface area contributed by atoms with Gasteiger partial charge in [0.2, 0.25) is 0 Å². The van der Waals surface area contributed by atoms with Gasteiger partial charge in [0.05, 0.1) is 0 Å². The van der Waals surface area contributed by atoms with Crippen LogP contribution in [0.4, 0.5) is 0 Å². The molecule has 24 heavy (non-hydrogen) atoms. The fraction of sp³-hybridized carbons (Fsp3) is 0.0909. The Morgan fingerprint density at radius 2 is 1.21 bits per heavy atom. The van der Waals surface area contributed by atoms with Crippen molar-refractivity contribution in [2.75, 3.05) is 0 Å². The van der Waals surface area contributed by atoms with Gasteiger partial charge in [-0.1, -0.05) is 90.7 Å². The van der Waals surface area contributed by atoms with Crippen LogP contribution in [0.1, 0.15) is 22.8 Å². The molecule has 0 bridgehead atoms. The quantitative estimate of drug-likeness (QED) is 0.724. The summed E-state index contributed by atoms with van der Waals surface area (Å²) in [6.45, 7) is 0. The van der Waals surface area contributed by atoms with Crippen molar-refractivity contribution in [3.63, 3.8) is 0 Å². The van der Waals surface area contributed by atoms with Gasteiger partial charge in [0, 0.05) is 5.56 Å². The standard InChI is InChI=1S/C22H18O2/c23-21(19-12-6-2-7-13-19)22(24,20-14-8-3-9-15-20)17-16-18-10-4-1-5-11-18/h1-15,21,23-24H. The highest BCUT2D eigenvalue weighted by atomic mass is 16.3. The van der Waals surface area contributed by atoms with Gasteiger partial charge in [0.15, 0.2) is 5.60 Å². The summed E-state index contributed by atoms with van der Waals surface area (Å²) in [5, 5.41) is 22.1. The lowest BCUT2D eigenvalue weighted by Crippen LogP contribution is -2.32. The molecule has 0 saturated heterocycles. The van der Waals surface area contributed by atoms with Gasteiger partial charge >= 0.3 is 0 Å². The summed E-state index contributed by atoms with van der Waals surface area (Å²) in [7, 11) is 0. The first-order chi connectivity index (χ1) is 11.7. The van der Waals surface area contributed by atoms with Crippen LogP contribution in [0, 0.1) is 11.8 Å². The minimum atomic E-state index is -1.70. The lowest BCUT2D eigenvalue weighted by Gasteiger charge is -2.29. The number of aliphatic hydroxyl groups is 2. The topological polar surface area (TPSA) is 40.5 Å². The van der Waals surface area contributed by atoms with Crippen LogP contribution in [-0.2, 0) is 5.60 Å². The summed E-state index contributed by atoms with van der Waals surface area (Å²) in [5.74, 6) is 5.86. The molecule has 0 aliphatic heterocycles. The zero-order chi connectivity index (χ0) is 16.8. The predicted molar refractivity (Wildman–Crippen MR) is 95.1 cm³/mol. The highest BCUT2D eigenvalue weighted by Crippen LogP contribution is 2.34. The molecule has 0 spiro atoms. The zero-order valence-electron chi connectivity index (χ0n) is 13.1. The Hall–Kier alpha value is -2.86. The predicted octanol–water partition coefficient (Wildman–Crippen LogP) is 3.66. The van der Waals surface area contributed by atoms with E-state index in [1.54, 1.807) is 24.3 Å². The molecule has 0 heterocycles. The summed E-state index contributed by atoms with van der Waals surface area (Å²) in [6, 6.07) is 27.6. The fourth-order valence-corrected chi connectivity index (χ4v) is 2.56. The van der Waals surface area contributed by atoms with Gasteiger partial charge < -0.3 is 10.2 Å². The Morgan fingerprint density at radius 3 is 1.79 bits per heavy atom. The molecular formula is C22H18O2. The highest BCUT2D eigenvalue weighted by molar-refractivity contribution is 5.42. The molecule has 0 aliphatic rings. The molecule has 118 valence electrons. The molecule has 3 aromatic carbocycles. The SMILES string of the molecule is OC(c1ccccc1)C(O)(C#Cc1ccccc1)c1ccccc1. The van der Waals surface area contributed by atoms with Crippen LogP contribution in [0.3, 0.4) is 0 Å². The third kappa shape index (κ3) is 3.38. The van der Waals surface area contributed by atoms with Gasteiger partial charge in [-0.25, -0.2) is 0 Å². The first kappa shape index (κ1) is 16.0. The molecule has 0 fully saturated rings. The average molecular weight is 314 g/mol. The highest BCUT2D eigenvalue weighted by Gasteiger charge is 2.36. The van der Waals surface area contributed by atoms with Crippen LogP contribution >= 0.6 is 0 Å². The molecule has 0 aliphatic carbocycles. The summed E-state index contributed by atoms with van der Waals surface area (Å²) in [5.41, 5.74) is 0.265. The van der Waals surface area contributed by atoms with Crippen molar-refractivity contribution in [3.05, 3.63) is 108 Å².